The number of nitro benzene ring substituents is 2. The van der Waals surface area contributed by atoms with E-state index in [4.69, 9.17) is 22.9 Å². The topological polar surface area (TPSA) is 709 Å². The summed E-state index contributed by atoms with van der Waals surface area (Å²) >= 11 is 0. The monoisotopic (exact) mass is 1720 g/mol. The van der Waals surface area contributed by atoms with E-state index in [2.05, 4.69) is 63.8 Å². The highest BCUT2D eigenvalue weighted by molar-refractivity contribution is 6.04. The molecule has 0 spiro atoms. The highest BCUT2D eigenvalue weighted by Gasteiger charge is 2.43. The Balaban J connectivity index is 1.93. The molecule has 1 saturated heterocycles. The van der Waals surface area contributed by atoms with Crippen LogP contribution in [-0.4, -0.2) is 241 Å². The average molecular weight is 1720 g/mol. The highest BCUT2D eigenvalue weighted by atomic mass is 16.6. The van der Waals surface area contributed by atoms with Crippen molar-refractivity contribution in [1.29, 1.82) is 0 Å². The molecule has 0 bridgehead atoms. The molecule has 0 radical (unpaired) electrons. The Hall–Kier alpha value is -12.1. The van der Waals surface area contributed by atoms with Gasteiger partial charge in [-0.2, -0.15) is 0 Å². The Morgan fingerprint density at radius 2 is 1.00 bits per heavy atom. The number of para-hydroxylation sites is 1. The minimum atomic E-state index is -1.92. The number of carboxylic acid groups (broad SMARTS) is 2. The number of aryl methyl sites for hydroxylation is 1. The number of carbonyl (C=O) groups excluding carboxylic acids is 15. The van der Waals surface area contributed by atoms with Gasteiger partial charge in [0.15, 0.2) is 0 Å². The Morgan fingerprint density at radius 3 is 1.50 bits per heavy atom. The van der Waals surface area contributed by atoms with Crippen molar-refractivity contribution < 1.29 is 112 Å². The molecule has 2 aromatic carbocycles. The lowest BCUT2D eigenvalue weighted by Gasteiger charge is -2.31. The number of aliphatic hydroxyl groups excluding tert-OH is 2. The molecule has 3 rings (SSSR count). The van der Waals surface area contributed by atoms with Gasteiger partial charge in [0.25, 0.3) is 17.3 Å². The second kappa shape index (κ2) is 52.2. The van der Waals surface area contributed by atoms with Crippen molar-refractivity contribution in [2.24, 2.45) is 40.9 Å². The van der Waals surface area contributed by atoms with Gasteiger partial charge in [-0.05, 0) is 145 Å². The van der Waals surface area contributed by atoms with E-state index in [1.807, 2.05) is 0 Å². The number of hydrogen-bond donors (Lipinski definition) is 20. The second-order valence-electron chi connectivity index (χ2n) is 31.6. The van der Waals surface area contributed by atoms with E-state index in [1.54, 1.807) is 41.5 Å². The molecule has 2 aromatic rings. The molecule has 0 saturated carbocycles. The molecule has 0 aromatic heterocycles. The van der Waals surface area contributed by atoms with Crippen molar-refractivity contribution >= 4 is 118 Å². The zero-order valence-corrected chi connectivity index (χ0v) is 70.1. The number of hydrogen-bond acceptors (Lipinski definition) is 25. The summed E-state index contributed by atoms with van der Waals surface area (Å²) < 4.78 is 0. The SMILES string of the molecule is CC(C)C[C@H](NC(=O)[C@H](CC(C)C)NC(=O)[C@@H](NC(=O)[C@H](CC(C)C)NC(=O)[C@@H]1CCCN1C(=O)[C@H](CO)NC(=O)[C@@H](NC(=O)[C@H](CCC(N)=O)NC(=O)[C@H](CCC(=O)NCCCCCc1ccc([N+](=O)[O-])cc1[N+](=O)[O-])NC(=O)[C@H](CCC(=O)O)NC(=O)[C@H](CC(N)=O)NC(=O)c1ccccc1N)C(C)C)[C@@H](C)O)C(=O)N[C@@H](CCCCN)C(=O)O. The molecule has 44 heteroatoms. The number of nitro groups is 2. The fourth-order valence-electron chi connectivity index (χ4n) is 13.1. The van der Waals surface area contributed by atoms with Crippen LogP contribution in [0.4, 0.5) is 17.1 Å². The number of primary amides is 2. The number of nitrogen functional groups attached to an aromatic ring is 1. The highest BCUT2D eigenvalue weighted by Crippen LogP contribution is 2.27. The third-order valence-electron chi connectivity index (χ3n) is 19.6. The van der Waals surface area contributed by atoms with Crippen LogP contribution in [0.5, 0.6) is 0 Å². The van der Waals surface area contributed by atoms with E-state index in [1.165, 1.54) is 51.1 Å². The van der Waals surface area contributed by atoms with E-state index < -0.39 is 258 Å². The average Bonchev–Trinajstić information content (AvgIpc) is 1.55. The molecule has 0 unspecified atom stereocenters. The number of likely N-dealkylation sites (tertiary alicyclic amines) is 1. The first-order chi connectivity index (χ1) is 57.3. The number of anilines is 1. The number of carboxylic acids is 2. The fraction of sp³-hybridized carbons (Fsp3) is 0.628. The Morgan fingerprint density at radius 1 is 0.516 bits per heavy atom. The van der Waals surface area contributed by atoms with Crippen molar-refractivity contribution in [2.75, 3.05) is 32.0 Å². The fourth-order valence-corrected chi connectivity index (χ4v) is 13.1. The number of nitrogens with two attached hydrogens (primary N) is 4. The zero-order valence-electron chi connectivity index (χ0n) is 70.1. The molecule has 678 valence electrons. The van der Waals surface area contributed by atoms with Crippen molar-refractivity contribution in [3.05, 3.63) is 73.8 Å². The molecule has 24 N–H and O–H groups in total. The largest absolute Gasteiger partial charge is 0.481 e. The van der Waals surface area contributed by atoms with Crippen LogP contribution in [0, 0.1) is 43.9 Å². The van der Waals surface area contributed by atoms with Crippen LogP contribution in [0.3, 0.4) is 0 Å². The summed E-state index contributed by atoms with van der Waals surface area (Å²) in [4.78, 5) is 255. The lowest BCUT2D eigenvalue weighted by molar-refractivity contribution is -0.394. The molecular weight excluding hydrogens is 1600 g/mol. The first-order valence-corrected chi connectivity index (χ1v) is 40.5. The van der Waals surface area contributed by atoms with Gasteiger partial charge in [0, 0.05) is 49.7 Å². The van der Waals surface area contributed by atoms with Gasteiger partial charge >= 0.3 is 11.9 Å². The van der Waals surface area contributed by atoms with E-state index in [-0.39, 0.29) is 99.0 Å². The molecule has 0 aliphatic carbocycles. The molecule has 44 nitrogen and oxygen atoms in total. The van der Waals surface area contributed by atoms with Crippen molar-refractivity contribution in [3.63, 3.8) is 0 Å². The number of rotatable bonds is 56. The van der Waals surface area contributed by atoms with E-state index >= 15 is 0 Å². The lowest BCUT2D eigenvalue weighted by Crippen LogP contribution is -2.62. The molecule has 1 aliphatic heterocycles. The minimum Gasteiger partial charge on any atom is -0.481 e. The van der Waals surface area contributed by atoms with Crippen molar-refractivity contribution in [3.8, 4) is 0 Å². The summed E-state index contributed by atoms with van der Waals surface area (Å²) in [5.41, 5.74) is 21.5. The smallest absolute Gasteiger partial charge is 0.326 e. The normalized spacial score (nSPS) is 15.4. The quantitative estimate of drug-likeness (QED) is 0.0144. The molecule has 1 fully saturated rings. The summed E-state index contributed by atoms with van der Waals surface area (Å²) in [5.74, 6) is -20.1. The van der Waals surface area contributed by atoms with Gasteiger partial charge in [-0.3, -0.25) is 96.9 Å². The second-order valence-corrected chi connectivity index (χ2v) is 31.6. The Kier molecular flexibility index (Phi) is 44.5. The van der Waals surface area contributed by atoms with E-state index in [0.717, 1.165) is 17.0 Å². The van der Waals surface area contributed by atoms with Gasteiger partial charge in [0.1, 0.15) is 72.5 Å². The van der Waals surface area contributed by atoms with Crippen LogP contribution in [0.1, 0.15) is 194 Å². The van der Waals surface area contributed by atoms with Crippen LogP contribution in [0.25, 0.3) is 0 Å². The van der Waals surface area contributed by atoms with Gasteiger partial charge in [0.05, 0.1) is 40.6 Å². The number of nitrogens with zero attached hydrogens (tertiary/aromatic N) is 3. The number of carbonyl (C=O) groups is 17. The van der Waals surface area contributed by atoms with Crippen LogP contribution >= 0.6 is 0 Å². The maximum atomic E-state index is 14.7. The number of non-ortho nitro benzene ring substituents is 1. The van der Waals surface area contributed by atoms with Gasteiger partial charge < -0.3 is 112 Å². The first kappa shape index (κ1) is 104. The molecule has 13 atom stereocenters. The first-order valence-electron chi connectivity index (χ1n) is 40.5. The predicted molar refractivity (Wildman–Crippen MR) is 437 cm³/mol. The van der Waals surface area contributed by atoms with E-state index in [9.17, 15) is 122 Å². The Bertz CT molecular complexity index is 4010. The van der Waals surface area contributed by atoms with Gasteiger partial charge in [-0.25, -0.2) is 4.79 Å². The van der Waals surface area contributed by atoms with Crippen molar-refractivity contribution in [2.45, 2.75) is 263 Å². The maximum Gasteiger partial charge on any atom is 0.326 e. The third-order valence-corrected chi connectivity index (χ3v) is 19.6. The molecule has 122 heavy (non-hydrogen) atoms. The third kappa shape index (κ3) is 36.1. The zero-order chi connectivity index (χ0) is 91.9. The summed E-state index contributed by atoms with van der Waals surface area (Å²) in [6.07, 6.45) is -4.40. The molecule has 15 amide bonds. The number of unbranched alkanes of at least 4 members (excludes halogenated alkanes) is 3. The number of benzene rings is 2. The molecular formula is C78H121N19O25. The maximum absolute atomic E-state index is 14.7. The van der Waals surface area contributed by atoms with Crippen LogP contribution in [0.2, 0.25) is 0 Å². The molecule has 1 aliphatic rings. The summed E-state index contributed by atoms with van der Waals surface area (Å²) in [5, 5.41) is 93.8. The van der Waals surface area contributed by atoms with Gasteiger partial charge in [0.2, 0.25) is 82.7 Å². The summed E-state index contributed by atoms with van der Waals surface area (Å²) in [6, 6.07) is -10.8. The van der Waals surface area contributed by atoms with Gasteiger partial charge in [-0.15, -0.1) is 0 Å². The Labute approximate surface area is 705 Å². The van der Waals surface area contributed by atoms with Crippen LogP contribution < -0.4 is 86.7 Å². The van der Waals surface area contributed by atoms with Crippen LogP contribution in [0.15, 0.2) is 42.5 Å². The number of aliphatic hydroxyl groups is 2. The van der Waals surface area contributed by atoms with Crippen molar-refractivity contribution in [1.82, 2.24) is 68.7 Å². The van der Waals surface area contributed by atoms with Crippen LogP contribution in [-0.2, 0) is 83.1 Å². The summed E-state index contributed by atoms with van der Waals surface area (Å²) in [7, 11) is 0. The number of amides is 15. The standard InChI is InChI=1S/C78H121N19O25/c1-40(2)34-53(70(109)87-52(78(117)118)21-14-15-31-79)89-71(110)54(35-41(3)4)91-76(115)65(44(9)99)94-73(112)55(36-42(5)6)90-74(113)58-22-17-33-95(58)77(116)57(39-98)92-75(114)64(43(7)8)93-69(108)49(25-28-60(81)100)84-67(106)50(26-29-62(102)83-32-16-10-11-18-45-23-24-46(96(119)120)37-59(45)97(121)122)85-68(107)51(27-30-63(103)104)86-72(111)56(38-61(82)101)88-66(105)47-19-12-13-20-48(47)80/h12-13,19-20,23-24,37,40-44,49-58,64-65,98-99H,10-11,14-18,21-22,25-36,38-39,79-80H2,1-9H3,(H2,81,100)(H2,82,101)(H,83,102)(H,84,106)(H,85,107)(H,86,111)(H,87,109)(H,88,105)(H,89,110)(H,90,113)(H,91,115)(H,92,114)(H,93,108)(H,94,112)(H,103,104)(H,117,118)/t44-,49+,50+,51+,52+,53+,54+,55+,56+,57+,58+,64+,65+/m1/s1. The molecule has 1 heterocycles. The summed E-state index contributed by atoms with van der Waals surface area (Å²) in [6.45, 7) is 13.5. The van der Waals surface area contributed by atoms with E-state index in [0.29, 0.717) is 32.2 Å². The lowest BCUT2D eigenvalue weighted by atomic mass is 9.99. The predicted octanol–water partition coefficient (Wildman–Crippen LogP) is -2.28. The number of nitrogens with one attached hydrogen (secondary N) is 12. The minimum absolute atomic E-state index is 0.0156. The van der Waals surface area contributed by atoms with Gasteiger partial charge in [-0.1, -0.05) is 73.9 Å². The number of aliphatic carboxylic acids is 2.